The molecule has 0 aliphatic heterocycles. The molecule has 0 bridgehead atoms. The molecule has 1 atom stereocenters. The predicted molar refractivity (Wildman–Crippen MR) is 85.7 cm³/mol. The van der Waals surface area contributed by atoms with E-state index in [1.54, 1.807) is 0 Å². The molecule has 0 saturated carbocycles. The van der Waals surface area contributed by atoms with Gasteiger partial charge in [0.2, 0.25) is 5.91 Å². The number of hydrogen-bond acceptors (Lipinski definition) is 4. The summed E-state index contributed by atoms with van der Waals surface area (Å²) in [7, 11) is 0. The van der Waals surface area contributed by atoms with Gasteiger partial charge in [-0.1, -0.05) is 60.7 Å². The van der Waals surface area contributed by atoms with Crippen molar-refractivity contribution in [2.45, 2.75) is 18.9 Å². The van der Waals surface area contributed by atoms with Crippen molar-refractivity contribution >= 4 is 17.6 Å². The Morgan fingerprint density at radius 3 is 1.79 bits per heavy atom. The second-order valence-electron chi connectivity index (χ2n) is 5.05. The molecule has 0 saturated heterocycles. The van der Waals surface area contributed by atoms with Crippen molar-refractivity contribution in [2.75, 3.05) is 0 Å². The third-order valence-corrected chi connectivity index (χ3v) is 3.32. The molecule has 2 N–H and O–H groups in total. The summed E-state index contributed by atoms with van der Waals surface area (Å²) in [5.74, 6) is -1.89. The molecule has 0 aliphatic rings. The SMILES string of the molecule is NC(=O)CC[C@H](N=C(c1ccccc1)c1ccccc1)C(=O)[O-].[Na+]. The first-order valence-corrected chi connectivity index (χ1v) is 7.25. The van der Waals surface area contributed by atoms with Crippen LogP contribution >= 0.6 is 0 Å². The number of hydrogen-bond donors (Lipinski definition) is 1. The summed E-state index contributed by atoms with van der Waals surface area (Å²) in [4.78, 5) is 26.6. The average Bonchev–Trinajstić information content (AvgIpc) is 2.56. The number of amides is 1. The number of carboxylic acids is 1. The topological polar surface area (TPSA) is 95.6 Å². The molecular weight excluding hydrogens is 315 g/mol. The quantitative estimate of drug-likeness (QED) is 0.465. The number of nitrogens with zero attached hydrogens (tertiary/aromatic N) is 1. The van der Waals surface area contributed by atoms with E-state index >= 15 is 0 Å². The first-order valence-electron chi connectivity index (χ1n) is 7.25. The Balaban J connectivity index is 0.00000288. The summed E-state index contributed by atoms with van der Waals surface area (Å²) < 4.78 is 0. The maximum atomic E-state index is 11.3. The van der Waals surface area contributed by atoms with Gasteiger partial charge in [0.15, 0.2) is 0 Å². The molecule has 24 heavy (non-hydrogen) atoms. The molecule has 1 amide bonds. The average molecular weight is 332 g/mol. The van der Waals surface area contributed by atoms with Gasteiger partial charge >= 0.3 is 29.6 Å². The van der Waals surface area contributed by atoms with Crippen LogP contribution in [-0.2, 0) is 9.59 Å². The van der Waals surface area contributed by atoms with Gasteiger partial charge in [0.1, 0.15) is 0 Å². The van der Waals surface area contributed by atoms with E-state index < -0.39 is 17.9 Å². The first-order chi connectivity index (χ1) is 11.1. The number of carboxylic acid groups (broad SMARTS) is 1. The summed E-state index contributed by atoms with van der Waals surface area (Å²) in [6.07, 6.45) is -0.0418. The molecule has 0 fully saturated rings. The van der Waals surface area contributed by atoms with Crippen molar-refractivity contribution in [3.8, 4) is 0 Å². The van der Waals surface area contributed by atoms with Gasteiger partial charge in [0.05, 0.1) is 17.7 Å². The van der Waals surface area contributed by atoms with Gasteiger partial charge in [-0.05, 0) is 6.42 Å². The van der Waals surface area contributed by atoms with E-state index in [2.05, 4.69) is 4.99 Å². The van der Waals surface area contributed by atoms with Gasteiger partial charge in [-0.2, -0.15) is 0 Å². The van der Waals surface area contributed by atoms with Crippen LogP contribution in [0.3, 0.4) is 0 Å². The van der Waals surface area contributed by atoms with E-state index in [4.69, 9.17) is 5.73 Å². The predicted octanol–water partition coefficient (Wildman–Crippen LogP) is -2.09. The van der Waals surface area contributed by atoms with E-state index in [0.29, 0.717) is 5.71 Å². The fraction of sp³-hybridized carbons (Fsp3) is 0.167. The van der Waals surface area contributed by atoms with Gasteiger partial charge in [0, 0.05) is 17.5 Å². The van der Waals surface area contributed by atoms with Crippen molar-refractivity contribution in [3.63, 3.8) is 0 Å². The molecule has 0 radical (unpaired) electrons. The van der Waals surface area contributed by atoms with Crippen molar-refractivity contribution in [2.24, 2.45) is 10.7 Å². The van der Waals surface area contributed by atoms with Crippen LogP contribution in [-0.4, -0.2) is 23.6 Å². The van der Waals surface area contributed by atoms with Crippen LogP contribution in [0.2, 0.25) is 0 Å². The first kappa shape index (κ1) is 20.1. The Kier molecular flexibility index (Phi) is 8.40. The monoisotopic (exact) mass is 332 g/mol. The van der Waals surface area contributed by atoms with Crippen molar-refractivity contribution in [1.82, 2.24) is 0 Å². The van der Waals surface area contributed by atoms with Crippen LogP contribution in [0.15, 0.2) is 65.7 Å². The van der Waals surface area contributed by atoms with Gasteiger partial charge in [0.25, 0.3) is 0 Å². The smallest absolute Gasteiger partial charge is 0.548 e. The van der Waals surface area contributed by atoms with E-state index in [-0.39, 0.29) is 42.4 Å². The molecule has 0 aromatic heterocycles. The number of carbonyl (C=O) groups is 2. The van der Waals surface area contributed by atoms with Gasteiger partial charge < -0.3 is 15.6 Å². The Labute approximate surface area is 162 Å². The Bertz CT molecular complexity index is 661. The van der Waals surface area contributed by atoms with E-state index in [1.165, 1.54) is 0 Å². The Morgan fingerprint density at radius 2 is 1.42 bits per heavy atom. The summed E-state index contributed by atoms with van der Waals surface area (Å²) >= 11 is 0. The molecule has 0 heterocycles. The fourth-order valence-corrected chi connectivity index (χ4v) is 2.18. The summed E-state index contributed by atoms with van der Waals surface area (Å²) in [5, 5.41) is 11.3. The van der Waals surface area contributed by atoms with Gasteiger partial charge in [-0.15, -0.1) is 0 Å². The van der Waals surface area contributed by atoms with Crippen LogP contribution in [0.5, 0.6) is 0 Å². The van der Waals surface area contributed by atoms with Crippen LogP contribution < -0.4 is 40.4 Å². The molecule has 2 rings (SSSR count). The number of aliphatic carboxylic acids is 1. The number of benzene rings is 2. The minimum Gasteiger partial charge on any atom is -0.548 e. The van der Waals surface area contributed by atoms with Gasteiger partial charge in [-0.3, -0.25) is 9.79 Å². The van der Waals surface area contributed by atoms with Gasteiger partial charge in [-0.25, -0.2) is 0 Å². The molecule has 5 nitrogen and oxygen atoms in total. The zero-order valence-corrected chi connectivity index (χ0v) is 15.5. The molecule has 6 heteroatoms. The van der Waals surface area contributed by atoms with Crippen LogP contribution in [0.4, 0.5) is 0 Å². The molecule has 0 aliphatic carbocycles. The molecule has 2 aromatic carbocycles. The maximum Gasteiger partial charge on any atom is 1.00 e. The van der Waals surface area contributed by atoms with E-state index in [1.807, 2.05) is 60.7 Å². The fourth-order valence-electron chi connectivity index (χ4n) is 2.18. The Morgan fingerprint density at radius 1 is 0.958 bits per heavy atom. The summed E-state index contributed by atoms with van der Waals surface area (Å²) in [6, 6.07) is 17.4. The number of carbonyl (C=O) groups excluding carboxylic acids is 2. The van der Waals surface area contributed by atoms with Crippen molar-refractivity contribution in [3.05, 3.63) is 71.8 Å². The van der Waals surface area contributed by atoms with E-state index in [0.717, 1.165) is 11.1 Å². The number of primary amides is 1. The minimum absolute atomic E-state index is 0. The summed E-state index contributed by atoms with van der Waals surface area (Å²) in [6.45, 7) is 0. The zero-order chi connectivity index (χ0) is 16.7. The number of rotatable bonds is 7. The zero-order valence-electron chi connectivity index (χ0n) is 13.5. The second kappa shape index (κ2) is 10.0. The van der Waals surface area contributed by atoms with Crippen LogP contribution in [0.1, 0.15) is 24.0 Å². The molecule has 118 valence electrons. The second-order valence-corrected chi connectivity index (χ2v) is 5.05. The normalized spacial score (nSPS) is 11.0. The van der Waals surface area contributed by atoms with E-state index in [9.17, 15) is 14.7 Å². The minimum atomic E-state index is -1.32. The number of aliphatic imine (C=N–C) groups is 1. The molecule has 2 aromatic rings. The van der Waals surface area contributed by atoms with Crippen LogP contribution in [0.25, 0.3) is 0 Å². The molecule has 0 unspecified atom stereocenters. The number of nitrogens with two attached hydrogens (primary N) is 1. The largest absolute Gasteiger partial charge is 1.00 e. The van der Waals surface area contributed by atoms with Crippen molar-refractivity contribution < 1.29 is 44.3 Å². The van der Waals surface area contributed by atoms with Crippen molar-refractivity contribution in [1.29, 1.82) is 0 Å². The standard InChI is InChI=1S/C18H18N2O3.Na/c19-16(21)12-11-15(18(22)23)20-17(13-7-3-1-4-8-13)14-9-5-2-6-10-14;/h1-10,15H,11-12H2,(H2,19,21)(H,22,23);/q;+1/p-1/t15-;/m0./s1. The van der Waals surface area contributed by atoms with Crippen LogP contribution in [0, 0.1) is 0 Å². The third kappa shape index (κ3) is 5.92. The Hall–Kier alpha value is -1.95. The maximum absolute atomic E-state index is 11.3. The summed E-state index contributed by atoms with van der Waals surface area (Å²) in [5.41, 5.74) is 7.23. The third-order valence-electron chi connectivity index (χ3n) is 3.32. The molecule has 0 spiro atoms. The molecular formula is C18H17N2NaO3.